The monoisotopic (exact) mass is 352 g/mol. The molecule has 0 bridgehead atoms. The predicted molar refractivity (Wildman–Crippen MR) is 94.9 cm³/mol. The van der Waals surface area contributed by atoms with Crippen LogP contribution in [0.3, 0.4) is 0 Å². The molecule has 3 heterocycles. The van der Waals surface area contributed by atoms with Crippen molar-refractivity contribution in [3.8, 4) is 22.8 Å². The van der Waals surface area contributed by atoms with E-state index >= 15 is 0 Å². The van der Waals surface area contributed by atoms with Crippen LogP contribution >= 0.6 is 0 Å². The first-order valence-electron chi connectivity index (χ1n) is 8.19. The van der Waals surface area contributed by atoms with Crippen LogP contribution in [-0.2, 0) is 0 Å². The average Bonchev–Trinajstić information content (AvgIpc) is 3.31. The van der Waals surface area contributed by atoms with Crippen LogP contribution in [0.2, 0.25) is 0 Å². The van der Waals surface area contributed by atoms with Crippen LogP contribution in [0.1, 0.15) is 12.0 Å². The van der Waals surface area contributed by atoms with Gasteiger partial charge in [-0.2, -0.15) is 0 Å². The Morgan fingerprint density at radius 3 is 2.69 bits per heavy atom. The summed E-state index contributed by atoms with van der Waals surface area (Å²) in [4.78, 5) is 17.2. The fourth-order valence-corrected chi connectivity index (χ4v) is 3.00. The molecule has 0 saturated carbocycles. The number of aliphatic imine (C=N–C) groups is 1. The number of aromatic nitrogens is 1. The van der Waals surface area contributed by atoms with Gasteiger partial charge in [-0.25, -0.2) is 0 Å². The van der Waals surface area contributed by atoms with E-state index in [-0.39, 0.29) is 5.69 Å². The maximum absolute atomic E-state index is 10.9. The van der Waals surface area contributed by atoms with E-state index in [1.807, 2.05) is 7.05 Å². The fourth-order valence-electron chi connectivity index (χ4n) is 3.00. The number of hydrogen-bond acceptors (Lipinski definition) is 7. The molecular weight excluding hydrogens is 336 g/mol. The van der Waals surface area contributed by atoms with E-state index in [9.17, 15) is 10.1 Å². The van der Waals surface area contributed by atoms with Gasteiger partial charge in [0.05, 0.1) is 16.7 Å². The Morgan fingerprint density at radius 1 is 1.23 bits per heavy atom. The van der Waals surface area contributed by atoms with Gasteiger partial charge in [-0.3, -0.25) is 15.1 Å². The molecule has 3 aromatic rings. The molecule has 8 nitrogen and oxygen atoms in total. The van der Waals surface area contributed by atoms with Gasteiger partial charge in [0.25, 0.3) is 5.69 Å². The van der Waals surface area contributed by atoms with Crippen molar-refractivity contribution in [2.75, 3.05) is 20.1 Å². The first-order valence-corrected chi connectivity index (χ1v) is 8.19. The highest BCUT2D eigenvalue weighted by Gasteiger charge is 2.28. The van der Waals surface area contributed by atoms with Crippen molar-refractivity contribution in [1.82, 2.24) is 10.1 Å². The van der Waals surface area contributed by atoms with Crippen LogP contribution in [0.25, 0.3) is 22.8 Å². The van der Waals surface area contributed by atoms with Gasteiger partial charge in [-0.1, -0.05) is 5.16 Å². The highest BCUT2D eigenvalue weighted by Crippen LogP contribution is 2.34. The summed E-state index contributed by atoms with van der Waals surface area (Å²) in [6.07, 6.45) is 2.55. The van der Waals surface area contributed by atoms with Gasteiger partial charge in [0, 0.05) is 37.8 Å². The molecule has 0 radical (unpaired) electrons. The molecule has 0 amide bonds. The maximum atomic E-state index is 10.9. The molecule has 26 heavy (non-hydrogen) atoms. The molecule has 1 aliphatic heterocycles. The van der Waals surface area contributed by atoms with Crippen molar-refractivity contribution in [2.45, 2.75) is 6.42 Å². The lowest BCUT2D eigenvalue weighted by Crippen LogP contribution is -2.33. The van der Waals surface area contributed by atoms with Crippen LogP contribution in [-0.4, -0.2) is 41.0 Å². The Kier molecular flexibility index (Phi) is 4.00. The predicted octanol–water partition coefficient (Wildman–Crippen LogP) is 3.59. The molecule has 132 valence electrons. The zero-order chi connectivity index (χ0) is 18.1. The third-order valence-electron chi connectivity index (χ3n) is 4.29. The molecule has 8 heteroatoms. The van der Waals surface area contributed by atoms with E-state index in [1.165, 1.54) is 12.1 Å². The van der Waals surface area contributed by atoms with Gasteiger partial charge < -0.3 is 13.8 Å². The molecule has 0 unspecified atom stereocenters. The first-order chi connectivity index (χ1) is 12.6. The number of non-ortho nitro benzene ring substituents is 1. The second kappa shape index (κ2) is 6.47. The number of amidine groups is 1. The molecule has 0 saturated heterocycles. The lowest BCUT2D eigenvalue weighted by atomic mass is 10.0. The zero-order valence-electron chi connectivity index (χ0n) is 14.1. The first kappa shape index (κ1) is 16.1. The number of nitro groups is 1. The molecule has 0 fully saturated rings. The van der Waals surface area contributed by atoms with E-state index in [2.05, 4.69) is 15.0 Å². The average molecular weight is 352 g/mol. The number of nitrogens with zero attached hydrogens (tertiary/aromatic N) is 4. The molecule has 2 aromatic heterocycles. The zero-order valence-corrected chi connectivity index (χ0v) is 14.1. The van der Waals surface area contributed by atoms with E-state index in [0.717, 1.165) is 30.9 Å². The van der Waals surface area contributed by atoms with Gasteiger partial charge in [0.15, 0.2) is 5.76 Å². The summed E-state index contributed by atoms with van der Waals surface area (Å²) >= 11 is 0. The smallest absolute Gasteiger partial charge is 0.269 e. The minimum absolute atomic E-state index is 0.0252. The molecule has 0 atom stereocenters. The Hall–Kier alpha value is -3.42. The molecule has 0 aliphatic carbocycles. The minimum Gasteiger partial charge on any atom is -0.461 e. The van der Waals surface area contributed by atoms with Crippen LogP contribution in [0.15, 0.2) is 56.6 Å². The highest BCUT2D eigenvalue weighted by molar-refractivity contribution is 6.07. The lowest BCUT2D eigenvalue weighted by Gasteiger charge is -2.25. The molecule has 4 rings (SSSR count). The second-order valence-electron chi connectivity index (χ2n) is 6.00. The third kappa shape index (κ3) is 2.75. The SMILES string of the molecule is CN1CCCN=C1c1c(-c2ccc([N+](=O)[O-])cc2)noc1-c1ccco1. The normalized spacial score (nSPS) is 14.3. The largest absolute Gasteiger partial charge is 0.461 e. The van der Waals surface area contributed by atoms with Crippen LogP contribution in [0.4, 0.5) is 5.69 Å². The topological polar surface area (TPSA) is 97.9 Å². The summed E-state index contributed by atoms with van der Waals surface area (Å²) in [5, 5.41) is 15.1. The van der Waals surface area contributed by atoms with E-state index in [1.54, 1.807) is 30.5 Å². The van der Waals surface area contributed by atoms with Gasteiger partial charge in [0.2, 0.25) is 5.76 Å². The van der Waals surface area contributed by atoms with Crippen molar-refractivity contribution in [3.63, 3.8) is 0 Å². The fraction of sp³-hybridized carbons (Fsp3) is 0.222. The summed E-state index contributed by atoms with van der Waals surface area (Å²) in [5.74, 6) is 1.83. The minimum atomic E-state index is -0.430. The van der Waals surface area contributed by atoms with Gasteiger partial charge in [-0.05, 0) is 30.7 Å². The number of nitro benzene ring substituents is 1. The van der Waals surface area contributed by atoms with Crippen molar-refractivity contribution < 1.29 is 13.9 Å². The Morgan fingerprint density at radius 2 is 2.04 bits per heavy atom. The molecule has 1 aliphatic rings. The van der Waals surface area contributed by atoms with E-state index in [4.69, 9.17) is 8.94 Å². The number of hydrogen-bond donors (Lipinski definition) is 0. The van der Waals surface area contributed by atoms with E-state index < -0.39 is 4.92 Å². The maximum Gasteiger partial charge on any atom is 0.269 e. The molecule has 1 aromatic carbocycles. The Bertz CT molecular complexity index is 958. The summed E-state index contributed by atoms with van der Waals surface area (Å²) in [6.45, 7) is 1.60. The summed E-state index contributed by atoms with van der Waals surface area (Å²) in [6, 6.07) is 9.80. The molecular formula is C18H16N4O4. The number of furan rings is 1. The molecule has 0 spiro atoms. The standard InChI is InChI=1S/C18H16N4O4/c1-21-10-3-9-19-18(21)15-16(12-5-7-13(8-6-12)22(23)24)20-26-17(15)14-4-2-11-25-14/h2,4-8,11H,3,9-10H2,1H3. The highest BCUT2D eigenvalue weighted by atomic mass is 16.6. The number of rotatable bonds is 4. The number of benzene rings is 1. The summed E-state index contributed by atoms with van der Waals surface area (Å²) in [5.41, 5.74) is 2.06. The van der Waals surface area contributed by atoms with Gasteiger partial charge in [0.1, 0.15) is 11.5 Å². The Balaban J connectivity index is 1.87. The lowest BCUT2D eigenvalue weighted by molar-refractivity contribution is -0.384. The van der Waals surface area contributed by atoms with Crippen molar-refractivity contribution in [3.05, 3.63) is 58.3 Å². The summed E-state index contributed by atoms with van der Waals surface area (Å²) in [7, 11) is 1.97. The van der Waals surface area contributed by atoms with E-state index in [0.29, 0.717) is 22.8 Å². The van der Waals surface area contributed by atoms with Crippen molar-refractivity contribution in [2.24, 2.45) is 4.99 Å². The van der Waals surface area contributed by atoms with Crippen molar-refractivity contribution in [1.29, 1.82) is 0 Å². The quantitative estimate of drug-likeness (QED) is 0.526. The summed E-state index contributed by atoms with van der Waals surface area (Å²) < 4.78 is 11.1. The van der Waals surface area contributed by atoms with Gasteiger partial charge in [-0.15, -0.1) is 0 Å². The third-order valence-corrected chi connectivity index (χ3v) is 4.29. The van der Waals surface area contributed by atoms with Crippen molar-refractivity contribution >= 4 is 11.5 Å². The van der Waals surface area contributed by atoms with Gasteiger partial charge >= 0.3 is 0 Å². The van der Waals surface area contributed by atoms with Crippen LogP contribution in [0.5, 0.6) is 0 Å². The Labute approximate surface area is 148 Å². The molecule has 0 N–H and O–H groups in total. The second-order valence-corrected chi connectivity index (χ2v) is 6.00. The van der Waals surface area contributed by atoms with Crippen LogP contribution < -0.4 is 0 Å². The van der Waals surface area contributed by atoms with Crippen LogP contribution in [0, 0.1) is 10.1 Å².